The zero-order chi connectivity index (χ0) is 35.9. The van der Waals surface area contributed by atoms with E-state index in [0.717, 1.165) is 50.0 Å². The summed E-state index contributed by atoms with van der Waals surface area (Å²) < 4.78 is 17.0. The molecule has 0 radical (unpaired) electrons. The first-order chi connectivity index (χ1) is 25.2. The number of piperidine rings is 1. The maximum Gasteiger partial charge on any atom is 0.119 e. The molecule has 3 aromatic rings. The van der Waals surface area contributed by atoms with E-state index in [1.807, 2.05) is 91.0 Å². The Morgan fingerprint density at radius 3 is 1.18 bits per heavy atom. The van der Waals surface area contributed by atoms with Crippen molar-refractivity contribution in [3.8, 4) is 17.2 Å². The van der Waals surface area contributed by atoms with Crippen LogP contribution in [0.25, 0.3) is 0 Å². The molecule has 0 aromatic heterocycles. The first-order valence-corrected chi connectivity index (χ1v) is 20.4. The summed E-state index contributed by atoms with van der Waals surface area (Å²) >= 11 is 0. The van der Waals surface area contributed by atoms with Crippen molar-refractivity contribution in [3.05, 3.63) is 91.0 Å². The molecule has 3 aromatic carbocycles. The average molecular weight is 702 g/mol. The molecule has 6 nitrogen and oxygen atoms in total. The summed E-state index contributed by atoms with van der Waals surface area (Å²) in [5.74, 6) is 2.97. The van der Waals surface area contributed by atoms with E-state index in [0.29, 0.717) is 0 Å². The summed E-state index contributed by atoms with van der Waals surface area (Å²) in [6.45, 7) is 14.9. The van der Waals surface area contributed by atoms with E-state index in [2.05, 4.69) is 28.7 Å². The van der Waals surface area contributed by atoms with Crippen molar-refractivity contribution in [2.24, 2.45) is 0 Å². The van der Waals surface area contributed by atoms with Gasteiger partial charge < -0.3 is 28.9 Å². The second-order valence-electron chi connectivity index (χ2n) is 14.0. The molecule has 2 fully saturated rings. The Bertz CT molecular complexity index is 1160. The minimum absolute atomic E-state index is 0.833. The predicted molar refractivity (Wildman–Crippen MR) is 216 cm³/mol. The van der Waals surface area contributed by atoms with Gasteiger partial charge in [0.1, 0.15) is 17.2 Å². The molecule has 2 aliphatic heterocycles. The fourth-order valence-corrected chi connectivity index (χ4v) is 6.36. The Morgan fingerprint density at radius 2 is 0.804 bits per heavy atom. The van der Waals surface area contributed by atoms with E-state index in [-0.39, 0.29) is 0 Å². The van der Waals surface area contributed by atoms with Gasteiger partial charge in [-0.05, 0) is 179 Å². The van der Waals surface area contributed by atoms with Crippen LogP contribution in [0.4, 0.5) is 0 Å². The third-order valence-corrected chi connectivity index (χ3v) is 9.64. The van der Waals surface area contributed by atoms with Gasteiger partial charge >= 0.3 is 0 Å². The smallest absolute Gasteiger partial charge is 0.119 e. The molecule has 284 valence electrons. The van der Waals surface area contributed by atoms with Crippen LogP contribution in [0.3, 0.4) is 0 Å². The van der Waals surface area contributed by atoms with Crippen molar-refractivity contribution >= 4 is 0 Å². The number of rotatable bonds is 22. The number of hydrogen-bond acceptors (Lipinski definition) is 6. The molecule has 0 atom stereocenters. The van der Waals surface area contributed by atoms with Crippen LogP contribution in [0, 0.1) is 0 Å². The highest BCUT2D eigenvalue weighted by atomic mass is 16.5. The number of benzene rings is 3. The Hall–Kier alpha value is -3.06. The number of ether oxygens (including phenoxy) is 3. The van der Waals surface area contributed by atoms with E-state index < -0.39 is 0 Å². The molecule has 5 rings (SSSR count). The molecule has 2 saturated heterocycles. The van der Waals surface area contributed by atoms with Gasteiger partial charge in [-0.3, -0.25) is 0 Å². The van der Waals surface area contributed by atoms with Crippen molar-refractivity contribution in [2.45, 2.75) is 96.8 Å². The maximum atomic E-state index is 5.68. The lowest BCUT2D eigenvalue weighted by Gasteiger charge is -2.26. The SMILES string of the molecule is CCN(C)CCCCCOc1ccccc1.c1ccc(OCCCCCN2CCCC2)cc1.c1ccc(OCCCCCN2CCCCC2)cc1. The third kappa shape index (κ3) is 22.5. The molecule has 0 unspecified atom stereocenters. The molecule has 0 saturated carbocycles. The molecule has 6 heteroatoms. The topological polar surface area (TPSA) is 37.4 Å². The number of unbranched alkanes of at least 4 members (excludes halogenated alkanes) is 6. The zero-order valence-electron chi connectivity index (χ0n) is 32.4. The number of hydrogen-bond donors (Lipinski definition) is 0. The lowest BCUT2D eigenvalue weighted by atomic mass is 10.1. The quantitative estimate of drug-likeness (QED) is 0.0971. The van der Waals surface area contributed by atoms with Gasteiger partial charge in [-0.25, -0.2) is 0 Å². The van der Waals surface area contributed by atoms with E-state index in [1.54, 1.807) is 0 Å². The first kappa shape index (κ1) is 42.4. The second-order valence-corrected chi connectivity index (χ2v) is 14.0. The van der Waals surface area contributed by atoms with E-state index >= 15 is 0 Å². The van der Waals surface area contributed by atoms with Crippen LogP contribution < -0.4 is 14.2 Å². The van der Waals surface area contributed by atoms with Gasteiger partial charge in [-0.1, -0.05) is 67.9 Å². The van der Waals surface area contributed by atoms with E-state index in [9.17, 15) is 0 Å². The minimum Gasteiger partial charge on any atom is -0.494 e. The lowest BCUT2D eigenvalue weighted by Crippen LogP contribution is -2.30. The highest BCUT2D eigenvalue weighted by Gasteiger charge is 2.10. The molecule has 0 amide bonds. The van der Waals surface area contributed by atoms with Crippen LogP contribution in [0.15, 0.2) is 91.0 Å². The zero-order valence-corrected chi connectivity index (χ0v) is 32.4. The van der Waals surface area contributed by atoms with E-state index in [4.69, 9.17) is 14.2 Å². The van der Waals surface area contributed by atoms with Gasteiger partial charge in [-0.15, -0.1) is 0 Å². The number of nitrogens with zero attached hydrogens (tertiary/aromatic N) is 3. The first-order valence-electron chi connectivity index (χ1n) is 20.4. The van der Waals surface area contributed by atoms with Crippen LogP contribution in [-0.2, 0) is 0 Å². The molecule has 2 aliphatic rings. The summed E-state index contributed by atoms with van der Waals surface area (Å²) in [7, 11) is 2.17. The molecule has 51 heavy (non-hydrogen) atoms. The maximum absolute atomic E-state index is 5.68. The van der Waals surface area contributed by atoms with Crippen molar-refractivity contribution in [1.82, 2.24) is 14.7 Å². The second kappa shape index (κ2) is 29.5. The molecule has 0 aliphatic carbocycles. The summed E-state index contributed by atoms with van der Waals surface area (Å²) in [5, 5.41) is 0. The fourth-order valence-electron chi connectivity index (χ4n) is 6.36. The molecule has 0 bridgehead atoms. The molecule has 0 spiro atoms. The fraction of sp³-hybridized carbons (Fsp3) is 0.600. The van der Waals surface area contributed by atoms with Gasteiger partial charge in [0.05, 0.1) is 19.8 Å². The Balaban J connectivity index is 0.000000207. The van der Waals surface area contributed by atoms with Crippen LogP contribution in [0.2, 0.25) is 0 Å². The van der Waals surface area contributed by atoms with Gasteiger partial charge in [0.25, 0.3) is 0 Å². The molecular weight excluding hydrogens is 631 g/mol. The van der Waals surface area contributed by atoms with Crippen molar-refractivity contribution in [1.29, 1.82) is 0 Å². The summed E-state index contributed by atoms with van der Waals surface area (Å²) in [5.41, 5.74) is 0. The average Bonchev–Trinajstić information content (AvgIpc) is 3.72. The Morgan fingerprint density at radius 1 is 0.451 bits per heavy atom. The van der Waals surface area contributed by atoms with Crippen LogP contribution in [0.5, 0.6) is 17.2 Å². The predicted octanol–water partition coefficient (Wildman–Crippen LogP) is 10.2. The van der Waals surface area contributed by atoms with E-state index in [1.165, 1.54) is 129 Å². The Labute approximate surface area is 312 Å². The lowest BCUT2D eigenvalue weighted by molar-refractivity contribution is 0.221. The summed E-state index contributed by atoms with van der Waals surface area (Å²) in [6, 6.07) is 30.2. The number of para-hydroxylation sites is 3. The summed E-state index contributed by atoms with van der Waals surface area (Å²) in [6.07, 6.45) is 18.2. The molecule has 0 N–H and O–H groups in total. The summed E-state index contributed by atoms with van der Waals surface area (Å²) in [4.78, 5) is 7.54. The highest BCUT2D eigenvalue weighted by molar-refractivity contribution is 5.22. The van der Waals surface area contributed by atoms with Crippen molar-refractivity contribution in [2.75, 3.05) is 79.2 Å². The largest absolute Gasteiger partial charge is 0.494 e. The van der Waals surface area contributed by atoms with Gasteiger partial charge in [0, 0.05) is 0 Å². The molecule has 2 heterocycles. The standard InChI is InChI=1S/C16H25NO.C15H23NO.C14H23NO/c1-4-10-16(11-5-1)18-15-9-3-8-14-17-12-6-2-7-13-17;1-3-9-15(10-4-1)17-14-8-2-5-11-16-12-6-7-13-16;1-3-15(2)12-8-5-9-13-16-14-10-6-4-7-11-14/h1,4-5,10-11H,2-3,6-9,12-15H2;1,3-4,9-10H,2,5-8,11-14H2;4,6-7,10-11H,3,5,8-9,12-13H2,1-2H3. The minimum atomic E-state index is 0.833. The van der Waals surface area contributed by atoms with Gasteiger partial charge in [-0.2, -0.15) is 0 Å². The van der Waals surface area contributed by atoms with Crippen LogP contribution in [0.1, 0.15) is 96.8 Å². The number of likely N-dealkylation sites (tertiary alicyclic amines) is 2. The molecular formula is C45H71N3O3. The third-order valence-electron chi connectivity index (χ3n) is 9.64. The van der Waals surface area contributed by atoms with Gasteiger partial charge in [0.15, 0.2) is 0 Å². The van der Waals surface area contributed by atoms with Crippen LogP contribution in [-0.4, -0.2) is 93.9 Å². The monoisotopic (exact) mass is 702 g/mol. The Kier molecular flexibility index (Phi) is 24.5. The highest BCUT2D eigenvalue weighted by Crippen LogP contribution is 2.13. The van der Waals surface area contributed by atoms with Crippen LogP contribution >= 0.6 is 0 Å². The van der Waals surface area contributed by atoms with Crippen molar-refractivity contribution < 1.29 is 14.2 Å². The van der Waals surface area contributed by atoms with Gasteiger partial charge in [0.2, 0.25) is 0 Å². The van der Waals surface area contributed by atoms with Crippen molar-refractivity contribution in [3.63, 3.8) is 0 Å². The normalized spacial score (nSPS) is 14.6.